The molecule has 0 aliphatic carbocycles. The zero-order chi connectivity index (χ0) is 9.40. The van der Waals surface area contributed by atoms with Crippen LogP contribution in [-0.2, 0) is 4.74 Å². The van der Waals surface area contributed by atoms with Crippen molar-refractivity contribution in [1.29, 1.82) is 0 Å². The van der Waals surface area contributed by atoms with Gasteiger partial charge < -0.3 is 10.5 Å². The van der Waals surface area contributed by atoms with E-state index in [2.05, 4.69) is 11.8 Å². The number of hydrogen-bond acceptors (Lipinski definition) is 3. The number of likely N-dealkylation sites (N-methyl/N-ethyl adjacent to an activating group) is 1. The van der Waals surface area contributed by atoms with E-state index in [9.17, 15) is 0 Å². The second-order valence-electron chi connectivity index (χ2n) is 2.53. The summed E-state index contributed by atoms with van der Waals surface area (Å²) in [7, 11) is 0. The zero-order valence-corrected chi connectivity index (χ0v) is 8.69. The van der Waals surface area contributed by atoms with Gasteiger partial charge in [0.15, 0.2) is 0 Å². The van der Waals surface area contributed by atoms with Gasteiger partial charge in [-0.1, -0.05) is 19.1 Å². The van der Waals surface area contributed by atoms with Crippen LogP contribution in [0.1, 0.15) is 13.8 Å². The first-order valence-electron chi connectivity index (χ1n) is 4.29. The van der Waals surface area contributed by atoms with Gasteiger partial charge in [0.25, 0.3) is 0 Å². The molecule has 0 saturated carbocycles. The van der Waals surface area contributed by atoms with Gasteiger partial charge in [0.05, 0.1) is 11.6 Å². The molecule has 72 valence electrons. The lowest BCUT2D eigenvalue weighted by Crippen LogP contribution is -2.35. The minimum Gasteiger partial charge on any atom is -0.392 e. The van der Waals surface area contributed by atoms with Gasteiger partial charge in [0.1, 0.15) is 0 Å². The largest absolute Gasteiger partial charge is 0.392 e. The molecular formula is C8H18N2OS. The van der Waals surface area contributed by atoms with Crippen LogP contribution >= 0.6 is 12.2 Å². The molecule has 4 heteroatoms. The molecule has 0 amide bonds. The van der Waals surface area contributed by atoms with Crippen LogP contribution in [0.5, 0.6) is 0 Å². The average Bonchev–Trinajstić information content (AvgIpc) is 2.02. The standard InChI is InChI=1S/C8H18N2OS/c1-3-10(7-8(9)12)5-6-11-4-2/h3-7H2,1-2H3,(H2,9,12). The summed E-state index contributed by atoms with van der Waals surface area (Å²) in [4.78, 5) is 2.71. The van der Waals surface area contributed by atoms with E-state index in [1.807, 2.05) is 6.92 Å². The number of nitrogens with two attached hydrogens (primary N) is 1. The van der Waals surface area contributed by atoms with Gasteiger partial charge in [-0.2, -0.15) is 0 Å². The van der Waals surface area contributed by atoms with Crippen molar-refractivity contribution < 1.29 is 4.74 Å². The highest BCUT2D eigenvalue weighted by Crippen LogP contribution is 1.87. The van der Waals surface area contributed by atoms with Crippen LogP contribution in [0.2, 0.25) is 0 Å². The molecule has 0 aromatic heterocycles. The zero-order valence-electron chi connectivity index (χ0n) is 7.88. The summed E-state index contributed by atoms with van der Waals surface area (Å²) in [6.07, 6.45) is 0. The third-order valence-electron chi connectivity index (χ3n) is 1.58. The Morgan fingerprint density at radius 1 is 1.50 bits per heavy atom. The maximum atomic E-state index is 5.42. The minimum atomic E-state index is 0.549. The van der Waals surface area contributed by atoms with E-state index in [0.29, 0.717) is 11.5 Å². The molecule has 0 fully saturated rings. The molecule has 0 unspecified atom stereocenters. The fourth-order valence-electron chi connectivity index (χ4n) is 0.907. The van der Waals surface area contributed by atoms with Crippen LogP contribution in [0.15, 0.2) is 0 Å². The quantitative estimate of drug-likeness (QED) is 0.472. The predicted octanol–water partition coefficient (Wildman–Crippen LogP) is 0.631. The van der Waals surface area contributed by atoms with Gasteiger partial charge >= 0.3 is 0 Å². The number of nitrogens with zero attached hydrogens (tertiary/aromatic N) is 1. The fraction of sp³-hybridized carbons (Fsp3) is 0.875. The predicted molar refractivity (Wildman–Crippen MR) is 55.4 cm³/mol. The summed E-state index contributed by atoms with van der Waals surface area (Å²) in [6.45, 7) is 8.16. The van der Waals surface area contributed by atoms with Gasteiger partial charge in [0.2, 0.25) is 0 Å². The van der Waals surface area contributed by atoms with Crippen molar-refractivity contribution in [2.75, 3.05) is 32.8 Å². The van der Waals surface area contributed by atoms with Gasteiger partial charge in [-0.05, 0) is 13.5 Å². The molecule has 0 aliphatic rings. The van der Waals surface area contributed by atoms with Gasteiger partial charge in [-0.3, -0.25) is 4.90 Å². The first kappa shape index (κ1) is 11.8. The lowest BCUT2D eigenvalue weighted by atomic mass is 10.4. The summed E-state index contributed by atoms with van der Waals surface area (Å²) in [5, 5.41) is 0. The van der Waals surface area contributed by atoms with Gasteiger partial charge in [-0.25, -0.2) is 0 Å². The van der Waals surface area contributed by atoms with E-state index in [1.165, 1.54) is 0 Å². The van der Waals surface area contributed by atoms with Crippen LogP contribution in [0.4, 0.5) is 0 Å². The smallest absolute Gasteiger partial charge is 0.0870 e. The van der Waals surface area contributed by atoms with Crippen LogP contribution < -0.4 is 5.73 Å². The van der Waals surface area contributed by atoms with E-state index in [1.54, 1.807) is 0 Å². The average molecular weight is 190 g/mol. The Bertz CT molecular complexity index is 130. The SMILES string of the molecule is CCOCCN(CC)CC(N)=S. The van der Waals surface area contributed by atoms with Crippen LogP contribution in [0, 0.1) is 0 Å². The fourth-order valence-corrected chi connectivity index (χ4v) is 1.09. The highest BCUT2D eigenvalue weighted by atomic mass is 32.1. The first-order chi connectivity index (χ1) is 5.70. The number of thiocarbonyl (C=S) groups is 1. The highest BCUT2D eigenvalue weighted by Gasteiger charge is 2.02. The lowest BCUT2D eigenvalue weighted by molar-refractivity contribution is 0.121. The Kier molecular flexibility index (Phi) is 7.34. The molecule has 0 radical (unpaired) electrons. The molecule has 3 nitrogen and oxygen atoms in total. The topological polar surface area (TPSA) is 38.5 Å². The Labute approximate surface area is 79.9 Å². The monoisotopic (exact) mass is 190 g/mol. The Morgan fingerprint density at radius 3 is 2.58 bits per heavy atom. The molecule has 0 spiro atoms. The molecule has 2 N–H and O–H groups in total. The summed E-state index contributed by atoms with van der Waals surface area (Å²) in [5.41, 5.74) is 5.42. The van der Waals surface area contributed by atoms with Crippen molar-refractivity contribution in [1.82, 2.24) is 4.90 Å². The maximum absolute atomic E-state index is 5.42. The second-order valence-corrected chi connectivity index (χ2v) is 3.06. The van der Waals surface area contributed by atoms with Crippen LogP contribution in [-0.4, -0.2) is 42.7 Å². The van der Waals surface area contributed by atoms with Crippen molar-refractivity contribution in [2.24, 2.45) is 5.73 Å². The van der Waals surface area contributed by atoms with Gasteiger partial charge in [0, 0.05) is 19.7 Å². The summed E-state index contributed by atoms with van der Waals surface area (Å²) in [5.74, 6) is 0. The number of ether oxygens (including phenoxy) is 1. The molecule has 0 rings (SSSR count). The van der Waals surface area contributed by atoms with E-state index in [0.717, 1.165) is 26.3 Å². The summed E-state index contributed by atoms with van der Waals surface area (Å²) in [6, 6.07) is 0. The third kappa shape index (κ3) is 6.52. The Balaban J connectivity index is 3.46. The Hall–Kier alpha value is -0.190. The molecule has 0 aliphatic heterocycles. The lowest BCUT2D eigenvalue weighted by Gasteiger charge is -2.18. The molecule has 0 saturated heterocycles. The summed E-state index contributed by atoms with van der Waals surface area (Å²) < 4.78 is 5.22. The van der Waals surface area contributed by atoms with Crippen LogP contribution in [0.25, 0.3) is 0 Å². The first-order valence-corrected chi connectivity index (χ1v) is 4.69. The Morgan fingerprint density at radius 2 is 2.17 bits per heavy atom. The number of rotatable bonds is 7. The van der Waals surface area contributed by atoms with E-state index >= 15 is 0 Å². The molecular weight excluding hydrogens is 172 g/mol. The molecule has 0 aromatic rings. The minimum absolute atomic E-state index is 0.549. The van der Waals surface area contributed by atoms with Crippen LogP contribution in [0.3, 0.4) is 0 Å². The molecule has 0 bridgehead atoms. The van der Waals surface area contributed by atoms with E-state index in [4.69, 9.17) is 22.7 Å². The van der Waals surface area contributed by atoms with Crippen molar-refractivity contribution >= 4 is 17.2 Å². The molecule has 12 heavy (non-hydrogen) atoms. The third-order valence-corrected chi connectivity index (χ3v) is 1.71. The van der Waals surface area contributed by atoms with E-state index < -0.39 is 0 Å². The molecule has 0 aromatic carbocycles. The normalized spacial score (nSPS) is 10.6. The highest BCUT2D eigenvalue weighted by molar-refractivity contribution is 7.80. The van der Waals surface area contributed by atoms with Crippen molar-refractivity contribution in [3.05, 3.63) is 0 Å². The summed E-state index contributed by atoms with van der Waals surface area (Å²) >= 11 is 4.81. The number of hydrogen-bond donors (Lipinski definition) is 1. The van der Waals surface area contributed by atoms with Crippen molar-refractivity contribution in [3.8, 4) is 0 Å². The van der Waals surface area contributed by atoms with E-state index in [-0.39, 0.29) is 0 Å². The molecule has 0 atom stereocenters. The maximum Gasteiger partial charge on any atom is 0.0870 e. The second kappa shape index (κ2) is 7.46. The van der Waals surface area contributed by atoms with Crippen molar-refractivity contribution in [3.63, 3.8) is 0 Å². The van der Waals surface area contributed by atoms with Crippen molar-refractivity contribution in [2.45, 2.75) is 13.8 Å². The van der Waals surface area contributed by atoms with Gasteiger partial charge in [-0.15, -0.1) is 0 Å². The molecule has 0 heterocycles.